The van der Waals surface area contributed by atoms with E-state index in [4.69, 9.17) is 5.10 Å². The van der Waals surface area contributed by atoms with E-state index in [1.165, 1.54) is 0 Å². The fraction of sp³-hybridized carbons (Fsp3) is 0.381. The predicted molar refractivity (Wildman–Crippen MR) is 119 cm³/mol. The molecule has 156 valence electrons. The van der Waals surface area contributed by atoms with Crippen LogP contribution < -0.4 is 11.0 Å². The minimum atomic E-state index is -0.0595. The Balaban J connectivity index is 0.00000150. The molecule has 2 aromatic heterocycles. The van der Waals surface area contributed by atoms with Gasteiger partial charge in [-0.25, -0.2) is 9.48 Å². The molecule has 29 heavy (non-hydrogen) atoms. The van der Waals surface area contributed by atoms with Crippen molar-refractivity contribution in [3.8, 4) is 0 Å². The van der Waals surface area contributed by atoms with E-state index in [0.29, 0.717) is 19.0 Å². The minimum Gasteiger partial charge on any atom is -0.317 e. The molecule has 0 bridgehead atoms. The van der Waals surface area contributed by atoms with Crippen molar-refractivity contribution in [2.75, 3.05) is 13.1 Å². The van der Waals surface area contributed by atoms with Crippen LogP contribution in [-0.2, 0) is 13.1 Å². The summed E-state index contributed by atoms with van der Waals surface area (Å²) in [7, 11) is 0. The van der Waals surface area contributed by atoms with Gasteiger partial charge in [0.2, 0.25) is 0 Å². The highest BCUT2D eigenvalue weighted by Crippen LogP contribution is 2.23. The molecule has 0 aliphatic carbocycles. The van der Waals surface area contributed by atoms with Gasteiger partial charge < -0.3 is 5.32 Å². The summed E-state index contributed by atoms with van der Waals surface area (Å²) in [4.78, 5) is 17.7. The second-order valence-electron chi connectivity index (χ2n) is 7.16. The summed E-state index contributed by atoms with van der Waals surface area (Å²) in [6.45, 7) is 4.86. The predicted octanol–water partition coefficient (Wildman–Crippen LogP) is 3.16. The molecule has 1 aliphatic heterocycles. The fourth-order valence-electron chi connectivity index (χ4n) is 3.70. The summed E-state index contributed by atoms with van der Waals surface area (Å²) in [6, 6.07) is 16.0. The standard InChI is InChI=1S/C21H25N5O.2ClH/c1-16-6-5-9-19(23-16)15-26-21(27)25(14-17-7-3-2-4-8-17)20(24-26)18-10-12-22-13-11-18;;/h2-9,18,22H,10-15H2,1H3;2*1H. The Hall–Kier alpha value is -2.15. The number of halogens is 2. The molecule has 0 amide bonds. The van der Waals surface area contributed by atoms with Gasteiger partial charge in [-0.05, 0) is 50.6 Å². The number of pyridine rings is 1. The van der Waals surface area contributed by atoms with Crippen LogP contribution in [0, 0.1) is 6.92 Å². The molecule has 1 saturated heterocycles. The van der Waals surface area contributed by atoms with E-state index in [1.807, 2.05) is 47.9 Å². The highest BCUT2D eigenvalue weighted by Gasteiger charge is 2.24. The Morgan fingerprint density at radius 3 is 2.41 bits per heavy atom. The van der Waals surface area contributed by atoms with Crippen molar-refractivity contribution in [3.05, 3.63) is 81.8 Å². The Kier molecular flexibility index (Phi) is 8.44. The van der Waals surface area contributed by atoms with Crippen molar-refractivity contribution in [1.82, 2.24) is 24.6 Å². The number of aryl methyl sites for hydroxylation is 1. The lowest BCUT2D eigenvalue weighted by Crippen LogP contribution is -2.30. The van der Waals surface area contributed by atoms with Crippen LogP contribution in [0.4, 0.5) is 0 Å². The van der Waals surface area contributed by atoms with Crippen molar-refractivity contribution in [2.24, 2.45) is 0 Å². The molecule has 8 heteroatoms. The highest BCUT2D eigenvalue weighted by molar-refractivity contribution is 5.85. The van der Waals surface area contributed by atoms with Gasteiger partial charge in [-0.15, -0.1) is 24.8 Å². The van der Waals surface area contributed by atoms with Gasteiger partial charge in [0.05, 0.1) is 18.8 Å². The maximum Gasteiger partial charge on any atom is 0.346 e. The zero-order valence-electron chi connectivity index (χ0n) is 16.5. The van der Waals surface area contributed by atoms with Crippen molar-refractivity contribution >= 4 is 24.8 Å². The van der Waals surface area contributed by atoms with Crippen molar-refractivity contribution in [3.63, 3.8) is 0 Å². The van der Waals surface area contributed by atoms with Gasteiger partial charge in [-0.2, -0.15) is 5.10 Å². The zero-order valence-corrected chi connectivity index (χ0v) is 18.1. The van der Waals surface area contributed by atoms with Crippen LogP contribution in [0.3, 0.4) is 0 Å². The average molecular weight is 436 g/mol. The number of piperidine rings is 1. The SMILES string of the molecule is Cc1cccc(Cn2nc(C3CCNCC3)n(Cc3ccccc3)c2=O)n1.Cl.Cl. The first-order chi connectivity index (χ1) is 13.2. The van der Waals surface area contributed by atoms with Gasteiger partial charge in [0.25, 0.3) is 0 Å². The third kappa shape index (κ3) is 5.47. The molecule has 1 N–H and O–H groups in total. The number of aromatic nitrogens is 4. The number of nitrogens with zero attached hydrogens (tertiary/aromatic N) is 4. The third-order valence-corrected chi connectivity index (χ3v) is 5.10. The Labute approximate surface area is 183 Å². The monoisotopic (exact) mass is 435 g/mol. The van der Waals surface area contributed by atoms with Gasteiger partial charge in [-0.1, -0.05) is 36.4 Å². The van der Waals surface area contributed by atoms with E-state index in [-0.39, 0.29) is 30.5 Å². The molecule has 1 aliphatic rings. The van der Waals surface area contributed by atoms with E-state index in [2.05, 4.69) is 22.4 Å². The fourth-order valence-corrected chi connectivity index (χ4v) is 3.70. The Morgan fingerprint density at radius 2 is 1.72 bits per heavy atom. The lowest BCUT2D eigenvalue weighted by atomic mass is 9.97. The van der Waals surface area contributed by atoms with Crippen LogP contribution in [0.15, 0.2) is 53.3 Å². The molecule has 0 spiro atoms. The van der Waals surface area contributed by atoms with Gasteiger partial charge in [0, 0.05) is 11.6 Å². The van der Waals surface area contributed by atoms with Crippen molar-refractivity contribution in [1.29, 1.82) is 0 Å². The summed E-state index contributed by atoms with van der Waals surface area (Å²) in [5, 5.41) is 8.14. The number of hydrogen-bond acceptors (Lipinski definition) is 4. The van der Waals surface area contributed by atoms with Gasteiger partial charge in [-0.3, -0.25) is 9.55 Å². The summed E-state index contributed by atoms with van der Waals surface area (Å²) >= 11 is 0. The highest BCUT2D eigenvalue weighted by atomic mass is 35.5. The number of hydrogen-bond donors (Lipinski definition) is 1. The van der Waals surface area contributed by atoms with Gasteiger partial charge in [0.15, 0.2) is 0 Å². The van der Waals surface area contributed by atoms with Gasteiger partial charge >= 0.3 is 5.69 Å². The van der Waals surface area contributed by atoms with E-state index < -0.39 is 0 Å². The number of nitrogens with one attached hydrogen (secondary N) is 1. The lowest BCUT2D eigenvalue weighted by Gasteiger charge is -2.22. The molecule has 1 aromatic carbocycles. The molecule has 0 atom stereocenters. The number of benzene rings is 1. The Bertz CT molecular complexity index is 965. The molecular formula is C21H27Cl2N5O. The third-order valence-electron chi connectivity index (χ3n) is 5.10. The molecular weight excluding hydrogens is 409 g/mol. The average Bonchev–Trinajstić information content (AvgIpc) is 2.99. The second-order valence-corrected chi connectivity index (χ2v) is 7.16. The topological polar surface area (TPSA) is 64.7 Å². The quantitative estimate of drug-likeness (QED) is 0.668. The Morgan fingerprint density at radius 1 is 1.00 bits per heavy atom. The molecule has 4 rings (SSSR count). The largest absolute Gasteiger partial charge is 0.346 e. The molecule has 0 saturated carbocycles. The molecule has 0 radical (unpaired) electrons. The van der Waals surface area contributed by atoms with E-state index in [0.717, 1.165) is 48.7 Å². The van der Waals surface area contributed by atoms with Crippen LogP contribution in [-0.4, -0.2) is 32.4 Å². The maximum atomic E-state index is 13.1. The molecule has 6 nitrogen and oxygen atoms in total. The summed E-state index contributed by atoms with van der Waals surface area (Å²) < 4.78 is 3.42. The molecule has 0 unspecified atom stereocenters. The molecule has 3 aromatic rings. The zero-order chi connectivity index (χ0) is 18.6. The smallest absolute Gasteiger partial charge is 0.317 e. The van der Waals surface area contributed by atoms with Crippen LogP contribution in [0.25, 0.3) is 0 Å². The first-order valence-electron chi connectivity index (χ1n) is 9.55. The molecule has 1 fully saturated rings. The first-order valence-corrected chi connectivity index (χ1v) is 9.55. The first kappa shape index (κ1) is 23.1. The van der Waals surface area contributed by atoms with E-state index >= 15 is 0 Å². The summed E-state index contributed by atoms with van der Waals surface area (Å²) in [5.74, 6) is 1.22. The summed E-state index contributed by atoms with van der Waals surface area (Å²) in [6.07, 6.45) is 2.02. The normalized spacial score (nSPS) is 14.1. The summed E-state index contributed by atoms with van der Waals surface area (Å²) in [5.41, 5.74) is 2.86. The van der Waals surface area contributed by atoms with Crippen molar-refractivity contribution in [2.45, 2.75) is 38.8 Å². The maximum absolute atomic E-state index is 13.1. The van der Waals surface area contributed by atoms with Crippen LogP contribution in [0.5, 0.6) is 0 Å². The van der Waals surface area contributed by atoms with E-state index in [9.17, 15) is 4.79 Å². The van der Waals surface area contributed by atoms with Crippen LogP contribution in [0.2, 0.25) is 0 Å². The number of rotatable bonds is 5. The lowest BCUT2D eigenvalue weighted by molar-refractivity contribution is 0.430. The second kappa shape index (κ2) is 10.6. The van der Waals surface area contributed by atoms with Crippen molar-refractivity contribution < 1.29 is 0 Å². The minimum absolute atomic E-state index is 0. The van der Waals surface area contributed by atoms with Crippen LogP contribution in [0.1, 0.15) is 41.5 Å². The van der Waals surface area contributed by atoms with Gasteiger partial charge in [0.1, 0.15) is 5.82 Å². The van der Waals surface area contributed by atoms with E-state index in [1.54, 1.807) is 4.68 Å². The van der Waals surface area contributed by atoms with Crippen LogP contribution >= 0.6 is 24.8 Å². The molecule has 3 heterocycles.